The molecule has 0 saturated heterocycles. The van der Waals surface area contributed by atoms with Crippen LogP contribution in [0.15, 0.2) is 46.2 Å². The van der Waals surface area contributed by atoms with E-state index in [0.29, 0.717) is 0 Å². The number of carbonyl (C=O) groups excluding carboxylic acids is 1. The first kappa shape index (κ1) is 21.5. The number of nitrogens with one attached hydrogen (secondary N) is 2. The Morgan fingerprint density at radius 3 is 2.41 bits per heavy atom. The van der Waals surface area contributed by atoms with Gasteiger partial charge >= 0.3 is 0 Å². The SMILES string of the molecule is COc1ccc(NCC(=O)NC2CCCC2)c(S(=O)(=O)c2ccc(C)cc2)c1Cl. The lowest BCUT2D eigenvalue weighted by atomic mass is 10.2. The van der Waals surface area contributed by atoms with Gasteiger partial charge in [0.25, 0.3) is 0 Å². The summed E-state index contributed by atoms with van der Waals surface area (Å²) in [5, 5.41) is 5.89. The van der Waals surface area contributed by atoms with E-state index in [1.165, 1.54) is 19.2 Å². The molecule has 0 spiro atoms. The predicted molar refractivity (Wildman–Crippen MR) is 114 cm³/mol. The van der Waals surface area contributed by atoms with Gasteiger partial charge < -0.3 is 15.4 Å². The number of carbonyl (C=O) groups is 1. The minimum atomic E-state index is -3.93. The van der Waals surface area contributed by atoms with Gasteiger partial charge in [0, 0.05) is 6.04 Å². The van der Waals surface area contributed by atoms with Crippen LogP contribution in [0.5, 0.6) is 5.75 Å². The number of aryl methyl sites for hydroxylation is 1. The minimum absolute atomic E-state index is 0.0192. The molecule has 0 aliphatic heterocycles. The number of amides is 1. The van der Waals surface area contributed by atoms with Crippen LogP contribution in [0.3, 0.4) is 0 Å². The molecule has 1 aliphatic rings. The molecule has 0 radical (unpaired) electrons. The van der Waals surface area contributed by atoms with E-state index in [1.807, 2.05) is 6.92 Å². The fourth-order valence-corrected chi connectivity index (χ4v) is 5.50. The zero-order valence-electron chi connectivity index (χ0n) is 16.5. The van der Waals surface area contributed by atoms with E-state index in [9.17, 15) is 13.2 Å². The molecule has 1 saturated carbocycles. The summed E-state index contributed by atoms with van der Waals surface area (Å²) in [4.78, 5) is 12.3. The van der Waals surface area contributed by atoms with Gasteiger partial charge in [-0.2, -0.15) is 0 Å². The van der Waals surface area contributed by atoms with Crippen molar-refractivity contribution < 1.29 is 17.9 Å². The molecule has 156 valence electrons. The van der Waals surface area contributed by atoms with Crippen LogP contribution in [0.4, 0.5) is 5.69 Å². The van der Waals surface area contributed by atoms with Crippen molar-refractivity contribution in [3.63, 3.8) is 0 Å². The standard InChI is InChI=1S/C21H25ClN2O4S/c1-14-7-9-16(10-8-14)29(26,27)21-17(11-12-18(28-2)20(21)22)23-13-19(25)24-15-5-3-4-6-15/h7-12,15,23H,3-6,13H2,1-2H3,(H,24,25). The summed E-state index contributed by atoms with van der Waals surface area (Å²) < 4.78 is 31.8. The zero-order valence-corrected chi connectivity index (χ0v) is 18.1. The smallest absolute Gasteiger partial charge is 0.239 e. The molecule has 0 unspecified atom stereocenters. The molecule has 1 fully saturated rings. The molecular weight excluding hydrogens is 412 g/mol. The molecule has 0 bridgehead atoms. The molecule has 3 rings (SSSR count). The van der Waals surface area contributed by atoms with Crippen molar-refractivity contribution in [2.75, 3.05) is 19.0 Å². The number of halogens is 1. The van der Waals surface area contributed by atoms with Crippen LogP contribution in [-0.2, 0) is 14.6 Å². The van der Waals surface area contributed by atoms with Crippen LogP contribution in [0, 0.1) is 6.92 Å². The molecule has 8 heteroatoms. The Bertz CT molecular complexity index is 984. The first-order valence-electron chi connectivity index (χ1n) is 9.54. The van der Waals surface area contributed by atoms with E-state index in [-0.39, 0.29) is 44.7 Å². The Balaban J connectivity index is 1.90. The molecule has 1 amide bonds. The van der Waals surface area contributed by atoms with Gasteiger partial charge in [-0.25, -0.2) is 8.42 Å². The summed E-state index contributed by atoms with van der Waals surface area (Å²) in [6, 6.07) is 9.86. The second kappa shape index (κ2) is 9.05. The molecule has 2 N–H and O–H groups in total. The van der Waals surface area contributed by atoms with E-state index < -0.39 is 9.84 Å². The van der Waals surface area contributed by atoms with Crippen LogP contribution in [0.1, 0.15) is 31.2 Å². The average Bonchev–Trinajstić information content (AvgIpc) is 3.19. The second-order valence-electron chi connectivity index (χ2n) is 7.18. The third-order valence-corrected chi connectivity index (χ3v) is 7.38. The molecule has 1 aliphatic carbocycles. The highest BCUT2D eigenvalue weighted by molar-refractivity contribution is 7.91. The number of ether oxygens (including phenoxy) is 1. The summed E-state index contributed by atoms with van der Waals surface area (Å²) in [7, 11) is -2.50. The average molecular weight is 437 g/mol. The molecule has 29 heavy (non-hydrogen) atoms. The van der Waals surface area contributed by atoms with Gasteiger partial charge in [0.1, 0.15) is 15.7 Å². The molecule has 2 aromatic carbocycles. The van der Waals surface area contributed by atoms with Gasteiger partial charge in [-0.05, 0) is 44.0 Å². The largest absolute Gasteiger partial charge is 0.495 e. The summed E-state index contributed by atoms with van der Waals surface area (Å²) in [6.45, 7) is 1.83. The van der Waals surface area contributed by atoms with Crippen LogP contribution in [-0.4, -0.2) is 34.0 Å². The minimum Gasteiger partial charge on any atom is -0.495 e. The van der Waals surface area contributed by atoms with Gasteiger partial charge in [-0.1, -0.05) is 42.1 Å². The third-order valence-electron chi connectivity index (χ3n) is 5.04. The maximum atomic E-state index is 13.3. The lowest BCUT2D eigenvalue weighted by Gasteiger charge is -2.17. The number of hydrogen-bond donors (Lipinski definition) is 2. The molecule has 0 heterocycles. The lowest BCUT2D eigenvalue weighted by Crippen LogP contribution is -2.36. The van der Waals surface area contributed by atoms with Crippen LogP contribution in [0.25, 0.3) is 0 Å². The topological polar surface area (TPSA) is 84.5 Å². The molecule has 0 atom stereocenters. The quantitative estimate of drug-likeness (QED) is 0.686. The van der Waals surface area contributed by atoms with E-state index in [4.69, 9.17) is 16.3 Å². The number of methoxy groups -OCH3 is 1. The van der Waals surface area contributed by atoms with Gasteiger partial charge in [-0.15, -0.1) is 0 Å². The molecule has 6 nitrogen and oxygen atoms in total. The van der Waals surface area contributed by atoms with Crippen molar-refractivity contribution in [1.82, 2.24) is 5.32 Å². The Hall–Kier alpha value is -2.25. The summed E-state index contributed by atoms with van der Waals surface area (Å²) >= 11 is 6.39. The van der Waals surface area contributed by atoms with Gasteiger partial charge in [0.05, 0.1) is 24.2 Å². The Morgan fingerprint density at radius 1 is 1.14 bits per heavy atom. The summed E-state index contributed by atoms with van der Waals surface area (Å²) in [6.07, 6.45) is 4.19. The number of hydrogen-bond acceptors (Lipinski definition) is 5. The molecular formula is C21H25ClN2O4S. The highest BCUT2D eigenvalue weighted by Gasteiger charge is 2.27. The first-order valence-corrected chi connectivity index (χ1v) is 11.4. The van der Waals surface area contributed by atoms with Gasteiger partial charge in [0.15, 0.2) is 0 Å². The number of anilines is 1. The summed E-state index contributed by atoms with van der Waals surface area (Å²) in [5.41, 5.74) is 1.21. The monoisotopic (exact) mass is 436 g/mol. The van der Waals surface area contributed by atoms with Crippen LogP contribution < -0.4 is 15.4 Å². The van der Waals surface area contributed by atoms with Gasteiger partial charge in [0.2, 0.25) is 15.7 Å². The second-order valence-corrected chi connectivity index (χ2v) is 9.44. The Morgan fingerprint density at radius 2 is 1.79 bits per heavy atom. The predicted octanol–water partition coefficient (Wildman–Crippen LogP) is 3.96. The van der Waals surface area contributed by atoms with Gasteiger partial charge in [-0.3, -0.25) is 4.79 Å². The van der Waals surface area contributed by atoms with Crippen molar-refractivity contribution >= 4 is 33.0 Å². The van der Waals surface area contributed by atoms with E-state index in [1.54, 1.807) is 24.3 Å². The summed E-state index contributed by atoms with van der Waals surface area (Å²) in [5.74, 6) is 0.0702. The van der Waals surface area contributed by atoms with E-state index in [0.717, 1.165) is 31.2 Å². The van der Waals surface area contributed by atoms with Crippen molar-refractivity contribution in [3.05, 3.63) is 47.0 Å². The first-order chi connectivity index (χ1) is 13.8. The van der Waals surface area contributed by atoms with Crippen molar-refractivity contribution in [2.24, 2.45) is 0 Å². The lowest BCUT2D eigenvalue weighted by molar-refractivity contribution is -0.120. The Kier molecular flexibility index (Phi) is 6.70. The molecule has 2 aromatic rings. The highest BCUT2D eigenvalue weighted by Crippen LogP contribution is 2.39. The third kappa shape index (κ3) is 4.85. The van der Waals surface area contributed by atoms with Crippen molar-refractivity contribution in [1.29, 1.82) is 0 Å². The fourth-order valence-electron chi connectivity index (χ4n) is 3.46. The van der Waals surface area contributed by atoms with E-state index >= 15 is 0 Å². The number of rotatable bonds is 7. The normalized spacial score (nSPS) is 14.6. The highest BCUT2D eigenvalue weighted by atomic mass is 35.5. The number of benzene rings is 2. The molecule has 0 aromatic heterocycles. The fraction of sp³-hybridized carbons (Fsp3) is 0.381. The maximum Gasteiger partial charge on any atom is 0.239 e. The van der Waals surface area contributed by atoms with Crippen molar-refractivity contribution in [3.8, 4) is 5.75 Å². The maximum absolute atomic E-state index is 13.3. The van der Waals surface area contributed by atoms with Crippen LogP contribution >= 0.6 is 11.6 Å². The number of sulfone groups is 1. The van der Waals surface area contributed by atoms with Crippen molar-refractivity contribution in [2.45, 2.75) is 48.4 Å². The van der Waals surface area contributed by atoms with E-state index in [2.05, 4.69) is 10.6 Å². The van der Waals surface area contributed by atoms with Crippen LogP contribution in [0.2, 0.25) is 5.02 Å². The Labute approximate surface area is 176 Å². The zero-order chi connectivity index (χ0) is 21.0.